The summed E-state index contributed by atoms with van der Waals surface area (Å²) in [6.07, 6.45) is 0.973. The van der Waals surface area contributed by atoms with E-state index in [1.54, 1.807) is 7.11 Å². The Morgan fingerprint density at radius 2 is 1.95 bits per heavy atom. The van der Waals surface area contributed by atoms with E-state index in [0.29, 0.717) is 6.54 Å². The average molecular weight is 255 g/mol. The molecule has 0 unspecified atom stereocenters. The van der Waals surface area contributed by atoms with Gasteiger partial charge < -0.3 is 15.2 Å². The van der Waals surface area contributed by atoms with Crippen LogP contribution < -0.4 is 15.2 Å². The van der Waals surface area contributed by atoms with Gasteiger partial charge in [-0.05, 0) is 11.6 Å². The van der Waals surface area contributed by atoms with Gasteiger partial charge in [0, 0.05) is 24.1 Å². The molecular weight excluding hydrogens is 238 g/mol. The Bertz CT molecular complexity index is 595. The Hall–Kier alpha value is -2.00. The molecule has 1 atom stereocenters. The average Bonchev–Trinajstić information content (AvgIpc) is 2.90. The standard InChI is InChI=1S/C16H17NO2/c1-18-15-8-3-2-6-13(15)14-7-4-5-11-9-12(10-17)19-16(11)14/h2-8,12H,9-10,17H2,1H3/t12-/m0/s1. The van der Waals surface area contributed by atoms with E-state index in [1.807, 2.05) is 24.3 Å². The zero-order valence-corrected chi connectivity index (χ0v) is 10.9. The van der Waals surface area contributed by atoms with Gasteiger partial charge in [0.2, 0.25) is 0 Å². The molecular formula is C16H17NO2. The van der Waals surface area contributed by atoms with Gasteiger partial charge in [0.1, 0.15) is 17.6 Å². The minimum absolute atomic E-state index is 0.0888. The lowest BCUT2D eigenvalue weighted by atomic mass is 10.00. The van der Waals surface area contributed by atoms with Gasteiger partial charge in [-0.1, -0.05) is 36.4 Å². The van der Waals surface area contributed by atoms with Crippen LogP contribution in [0.15, 0.2) is 42.5 Å². The van der Waals surface area contributed by atoms with E-state index >= 15 is 0 Å². The second-order valence-corrected chi connectivity index (χ2v) is 4.67. The van der Waals surface area contributed by atoms with Gasteiger partial charge in [-0.2, -0.15) is 0 Å². The lowest BCUT2D eigenvalue weighted by Gasteiger charge is -2.13. The van der Waals surface area contributed by atoms with Crippen LogP contribution in [-0.4, -0.2) is 19.8 Å². The fourth-order valence-corrected chi connectivity index (χ4v) is 2.55. The highest BCUT2D eigenvalue weighted by Crippen LogP contribution is 2.41. The number of nitrogens with two attached hydrogens (primary N) is 1. The Morgan fingerprint density at radius 1 is 1.16 bits per heavy atom. The largest absolute Gasteiger partial charge is 0.496 e. The second-order valence-electron chi connectivity index (χ2n) is 4.67. The first kappa shape index (κ1) is 12.1. The van der Waals surface area contributed by atoms with Crippen molar-refractivity contribution in [2.45, 2.75) is 12.5 Å². The molecule has 0 aliphatic carbocycles. The van der Waals surface area contributed by atoms with Crippen LogP contribution in [0.2, 0.25) is 0 Å². The van der Waals surface area contributed by atoms with Crippen molar-refractivity contribution < 1.29 is 9.47 Å². The summed E-state index contributed by atoms with van der Waals surface area (Å²) in [5.74, 6) is 1.80. The maximum absolute atomic E-state index is 5.96. The molecule has 0 saturated carbocycles. The SMILES string of the molecule is COc1ccccc1-c1cccc2c1O[C@H](CN)C2. The Morgan fingerprint density at radius 3 is 2.74 bits per heavy atom. The number of hydrogen-bond acceptors (Lipinski definition) is 3. The fraction of sp³-hybridized carbons (Fsp3) is 0.250. The molecule has 2 aromatic carbocycles. The predicted molar refractivity (Wildman–Crippen MR) is 75.6 cm³/mol. The summed E-state index contributed by atoms with van der Waals surface area (Å²) < 4.78 is 11.4. The summed E-state index contributed by atoms with van der Waals surface area (Å²) in [7, 11) is 1.69. The third kappa shape index (κ3) is 2.06. The molecule has 3 rings (SSSR count). The van der Waals surface area contributed by atoms with Crippen LogP contribution in [0.3, 0.4) is 0 Å². The third-order valence-corrected chi connectivity index (χ3v) is 3.49. The molecule has 1 heterocycles. The van der Waals surface area contributed by atoms with Crippen LogP contribution in [0.25, 0.3) is 11.1 Å². The second kappa shape index (κ2) is 4.94. The predicted octanol–water partition coefficient (Wildman–Crippen LogP) is 2.62. The van der Waals surface area contributed by atoms with Gasteiger partial charge in [0.15, 0.2) is 0 Å². The smallest absolute Gasteiger partial charge is 0.131 e. The molecule has 0 fully saturated rings. The fourth-order valence-electron chi connectivity index (χ4n) is 2.55. The number of benzene rings is 2. The van der Waals surface area contributed by atoms with Crippen molar-refractivity contribution in [2.75, 3.05) is 13.7 Å². The van der Waals surface area contributed by atoms with Crippen LogP contribution in [0.1, 0.15) is 5.56 Å². The van der Waals surface area contributed by atoms with Gasteiger partial charge in [-0.3, -0.25) is 0 Å². The lowest BCUT2D eigenvalue weighted by molar-refractivity contribution is 0.242. The van der Waals surface area contributed by atoms with Gasteiger partial charge in [0.05, 0.1) is 7.11 Å². The normalized spacial score (nSPS) is 16.8. The van der Waals surface area contributed by atoms with Crippen LogP contribution in [0.5, 0.6) is 11.5 Å². The Kier molecular flexibility index (Phi) is 3.13. The first-order valence-corrected chi connectivity index (χ1v) is 6.45. The van der Waals surface area contributed by atoms with E-state index in [2.05, 4.69) is 18.2 Å². The van der Waals surface area contributed by atoms with Crippen molar-refractivity contribution >= 4 is 0 Å². The molecule has 19 heavy (non-hydrogen) atoms. The van der Waals surface area contributed by atoms with Crippen molar-refractivity contribution in [3.63, 3.8) is 0 Å². The molecule has 98 valence electrons. The van der Waals surface area contributed by atoms with Gasteiger partial charge in [-0.15, -0.1) is 0 Å². The van der Waals surface area contributed by atoms with E-state index in [1.165, 1.54) is 5.56 Å². The molecule has 1 aliphatic rings. The zero-order chi connectivity index (χ0) is 13.2. The number of hydrogen-bond donors (Lipinski definition) is 1. The quantitative estimate of drug-likeness (QED) is 0.917. The molecule has 3 nitrogen and oxygen atoms in total. The summed E-state index contributed by atoms with van der Waals surface area (Å²) in [5.41, 5.74) is 9.06. The number of methoxy groups -OCH3 is 1. The van der Waals surface area contributed by atoms with Gasteiger partial charge in [-0.25, -0.2) is 0 Å². The highest BCUT2D eigenvalue weighted by Gasteiger charge is 2.25. The molecule has 0 aromatic heterocycles. The van der Waals surface area contributed by atoms with Crippen LogP contribution in [0.4, 0.5) is 0 Å². The molecule has 0 saturated heterocycles. The van der Waals surface area contributed by atoms with Crippen molar-refractivity contribution in [1.29, 1.82) is 0 Å². The van der Waals surface area contributed by atoms with Gasteiger partial charge in [0.25, 0.3) is 0 Å². The summed E-state index contributed by atoms with van der Waals surface area (Å²) in [5, 5.41) is 0. The summed E-state index contributed by atoms with van der Waals surface area (Å²) in [4.78, 5) is 0. The molecule has 2 aromatic rings. The van der Waals surface area contributed by atoms with E-state index in [-0.39, 0.29) is 6.10 Å². The van der Waals surface area contributed by atoms with E-state index in [9.17, 15) is 0 Å². The molecule has 0 radical (unpaired) electrons. The third-order valence-electron chi connectivity index (χ3n) is 3.49. The maximum atomic E-state index is 5.96. The molecule has 0 spiro atoms. The van der Waals surface area contributed by atoms with Crippen LogP contribution in [0, 0.1) is 0 Å². The molecule has 0 bridgehead atoms. The van der Waals surface area contributed by atoms with Gasteiger partial charge >= 0.3 is 0 Å². The molecule has 3 heteroatoms. The van der Waals surface area contributed by atoms with E-state index in [4.69, 9.17) is 15.2 Å². The maximum Gasteiger partial charge on any atom is 0.131 e. The molecule has 1 aliphatic heterocycles. The van der Waals surface area contributed by atoms with Crippen molar-refractivity contribution in [3.8, 4) is 22.6 Å². The Labute approximate surface area is 113 Å². The van der Waals surface area contributed by atoms with E-state index in [0.717, 1.165) is 29.0 Å². The topological polar surface area (TPSA) is 44.5 Å². The highest BCUT2D eigenvalue weighted by atomic mass is 16.5. The van der Waals surface area contributed by atoms with Crippen LogP contribution >= 0.6 is 0 Å². The minimum atomic E-state index is 0.0888. The minimum Gasteiger partial charge on any atom is -0.496 e. The highest BCUT2D eigenvalue weighted by molar-refractivity contribution is 5.77. The van der Waals surface area contributed by atoms with Crippen LogP contribution in [-0.2, 0) is 6.42 Å². The Balaban J connectivity index is 2.10. The molecule has 0 amide bonds. The first-order valence-electron chi connectivity index (χ1n) is 6.45. The first-order chi connectivity index (χ1) is 9.33. The summed E-state index contributed by atoms with van der Waals surface area (Å²) in [6.45, 7) is 0.542. The zero-order valence-electron chi connectivity index (χ0n) is 10.9. The molecule has 2 N–H and O–H groups in total. The lowest BCUT2D eigenvalue weighted by Crippen LogP contribution is -2.24. The number of fused-ring (bicyclic) bond motifs is 1. The van der Waals surface area contributed by atoms with Crippen molar-refractivity contribution in [3.05, 3.63) is 48.0 Å². The number of para-hydroxylation sites is 2. The van der Waals surface area contributed by atoms with E-state index < -0.39 is 0 Å². The number of ether oxygens (including phenoxy) is 2. The number of rotatable bonds is 3. The monoisotopic (exact) mass is 255 g/mol. The summed E-state index contributed by atoms with van der Waals surface area (Å²) in [6, 6.07) is 14.2. The van der Waals surface area contributed by atoms with Crippen molar-refractivity contribution in [1.82, 2.24) is 0 Å². The summed E-state index contributed by atoms with van der Waals surface area (Å²) >= 11 is 0. The van der Waals surface area contributed by atoms with Crippen molar-refractivity contribution in [2.24, 2.45) is 5.73 Å².